The van der Waals surface area contributed by atoms with Crippen LogP contribution in [0.2, 0.25) is 0 Å². The zero-order valence-electron chi connectivity index (χ0n) is 19.8. The molecule has 4 rings (SSSR count). The number of carbonyl (C=O) groups is 2. The summed E-state index contributed by atoms with van der Waals surface area (Å²) in [5, 5.41) is 2.39. The number of hydrogen-bond donors (Lipinski definition) is 1. The lowest BCUT2D eigenvalue weighted by molar-refractivity contribution is -0.132. The molecule has 0 aromatic heterocycles. The highest BCUT2D eigenvalue weighted by Crippen LogP contribution is 2.39. The molecule has 1 saturated heterocycles. The molecule has 2 unspecified atom stereocenters. The van der Waals surface area contributed by atoms with Crippen molar-refractivity contribution >= 4 is 11.8 Å². The van der Waals surface area contributed by atoms with Crippen molar-refractivity contribution in [2.45, 2.75) is 58.0 Å². The van der Waals surface area contributed by atoms with E-state index in [1.54, 1.807) is 7.05 Å². The summed E-state index contributed by atoms with van der Waals surface area (Å²) < 4.78 is 0. The molecule has 0 saturated carbocycles. The third kappa shape index (κ3) is 4.88. The van der Waals surface area contributed by atoms with E-state index in [0.717, 1.165) is 37.2 Å². The Bertz CT molecular complexity index is 896. The van der Waals surface area contributed by atoms with Crippen molar-refractivity contribution in [3.8, 4) is 0 Å². The molecule has 1 N–H and O–H groups in total. The molecule has 1 fully saturated rings. The SMILES string of the molecule is C=CC1=C(C=C)N(C2CCN(C3CCCc4ccccc43)CC2)C(=O)C1C.CNC(C)=O. The standard InChI is InChI=1S/C24H30N2O.C3H7NO/c1-4-20-17(3)24(27)26(22(20)5-2)19-13-15-25(16-14-19)23-12-8-10-18-9-6-7-11-21(18)23;1-3(5)4-2/h4-7,9,11,17,19,23H,1-2,8,10,12-16H2,3H3;1-2H3,(H,4,5). The molecule has 0 bridgehead atoms. The van der Waals surface area contributed by atoms with Crippen LogP contribution in [0.3, 0.4) is 0 Å². The number of piperidine rings is 1. The molecular formula is C27H37N3O2. The first-order chi connectivity index (χ1) is 15.4. The van der Waals surface area contributed by atoms with Crippen molar-refractivity contribution in [1.29, 1.82) is 0 Å². The van der Waals surface area contributed by atoms with E-state index >= 15 is 0 Å². The normalized spacial score (nSPS) is 23.8. The summed E-state index contributed by atoms with van der Waals surface area (Å²) >= 11 is 0. The highest BCUT2D eigenvalue weighted by molar-refractivity contribution is 5.88. The van der Waals surface area contributed by atoms with E-state index in [1.807, 2.05) is 24.0 Å². The highest BCUT2D eigenvalue weighted by Gasteiger charge is 2.40. The van der Waals surface area contributed by atoms with E-state index < -0.39 is 0 Å². The maximum atomic E-state index is 12.9. The average Bonchev–Trinajstić information content (AvgIpc) is 3.08. The van der Waals surface area contributed by atoms with Crippen LogP contribution in [-0.2, 0) is 16.0 Å². The number of aryl methyl sites for hydroxylation is 1. The average molecular weight is 436 g/mol. The van der Waals surface area contributed by atoms with Crippen LogP contribution in [0, 0.1) is 5.92 Å². The fourth-order valence-electron chi connectivity index (χ4n) is 5.26. The van der Waals surface area contributed by atoms with Crippen LogP contribution in [0.4, 0.5) is 0 Å². The van der Waals surface area contributed by atoms with E-state index in [4.69, 9.17) is 0 Å². The van der Waals surface area contributed by atoms with Gasteiger partial charge in [-0.2, -0.15) is 0 Å². The van der Waals surface area contributed by atoms with Crippen molar-refractivity contribution in [2.24, 2.45) is 5.92 Å². The molecule has 0 radical (unpaired) electrons. The van der Waals surface area contributed by atoms with Gasteiger partial charge in [-0.3, -0.25) is 14.5 Å². The molecule has 2 aliphatic heterocycles. The molecule has 3 aliphatic rings. The molecule has 1 aromatic rings. The van der Waals surface area contributed by atoms with Crippen LogP contribution in [0.25, 0.3) is 0 Å². The van der Waals surface area contributed by atoms with E-state index in [-0.39, 0.29) is 23.8 Å². The number of fused-ring (bicyclic) bond motifs is 1. The van der Waals surface area contributed by atoms with Crippen LogP contribution in [0.1, 0.15) is 56.7 Å². The fraction of sp³-hybridized carbons (Fsp3) is 0.481. The van der Waals surface area contributed by atoms with Crippen molar-refractivity contribution in [3.05, 3.63) is 72.0 Å². The first kappa shape index (κ1) is 24.0. The maximum absolute atomic E-state index is 12.9. The topological polar surface area (TPSA) is 52.6 Å². The first-order valence-corrected chi connectivity index (χ1v) is 11.7. The van der Waals surface area contributed by atoms with Gasteiger partial charge in [0.05, 0.1) is 5.92 Å². The van der Waals surface area contributed by atoms with Crippen LogP contribution < -0.4 is 5.32 Å². The summed E-state index contributed by atoms with van der Waals surface area (Å²) in [5.74, 6) is 0.116. The Balaban J connectivity index is 0.000000523. The molecule has 5 heteroatoms. The molecule has 0 spiro atoms. The van der Waals surface area contributed by atoms with Gasteiger partial charge in [-0.15, -0.1) is 0 Å². The number of likely N-dealkylation sites (tertiary alicyclic amines) is 1. The van der Waals surface area contributed by atoms with Crippen LogP contribution in [0.15, 0.2) is 60.8 Å². The molecule has 1 aromatic carbocycles. The predicted octanol–water partition coefficient (Wildman–Crippen LogP) is 4.39. The summed E-state index contributed by atoms with van der Waals surface area (Å²) in [6.45, 7) is 13.4. The van der Waals surface area contributed by atoms with Gasteiger partial charge < -0.3 is 10.2 Å². The number of carbonyl (C=O) groups excluding carboxylic acids is 2. The molecule has 2 heterocycles. The number of amides is 2. The third-order valence-electron chi connectivity index (χ3n) is 7.04. The van der Waals surface area contributed by atoms with Gasteiger partial charge in [-0.05, 0) is 61.8 Å². The summed E-state index contributed by atoms with van der Waals surface area (Å²) in [6.07, 6.45) is 9.45. The summed E-state index contributed by atoms with van der Waals surface area (Å²) in [5.41, 5.74) is 5.04. The summed E-state index contributed by atoms with van der Waals surface area (Å²) in [4.78, 5) is 27.2. The second-order valence-corrected chi connectivity index (χ2v) is 8.86. The Morgan fingerprint density at radius 1 is 1.12 bits per heavy atom. The summed E-state index contributed by atoms with van der Waals surface area (Å²) in [6, 6.07) is 9.75. The second-order valence-electron chi connectivity index (χ2n) is 8.86. The first-order valence-electron chi connectivity index (χ1n) is 11.7. The molecule has 5 nitrogen and oxygen atoms in total. The van der Waals surface area contributed by atoms with E-state index in [1.165, 1.54) is 37.3 Å². The van der Waals surface area contributed by atoms with Crippen molar-refractivity contribution in [1.82, 2.24) is 15.1 Å². The highest BCUT2D eigenvalue weighted by atomic mass is 16.2. The van der Waals surface area contributed by atoms with Gasteiger partial charge >= 0.3 is 0 Å². The van der Waals surface area contributed by atoms with Crippen molar-refractivity contribution in [2.75, 3.05) is 20.1 Å². The summed E-state index contributed by atoms with van der Waals surface area (Å²) in [7, 11) is 1.60. The smallest absolute Gasteiger partial charge is 0.234 e. The zero-order valence-corrected chi connectivity index (χ0v) is 19.8. The van der Waals surface area contributed by atoms with Gasteiger partial charge in [0.15, 0.2) is 0 Å². The number of hydrogen-bond acceptors (Lipinski definition) is 3. The lowest BCUT2D eigenvalue weighted by Crippen LogP contribution is -2.47. The fourth-order valence-corrected chi connectivity index (χ4v) is 5.26. The Morgan fingerprint density at radius 2 is 1.78 bits per heavy atom. The minimum atomic E-state index is -0.0984. The van der Waals surface area contributed by atoms with E-state index in [9.17, 15) is 9.59 Å². The quantitative estimate of drug-likeness (QED) is 0.763. The van der Waals surface area contributed by atoms with Crippen LogP contribution in [-0.4, -0.2) is 47.8 Å². The van der Waals surface area contributed by atoms with Gasteiger partial charge in [-0.25, -0.2) is 0 Å². The van der Waals surface area contributed by atoms with Crippen molar-refractivity contribution in [3.63, 3.8) is 0 Å². The van der Waals surface area contributed by atoms with Gasteiger partial charge in [0, 0.05) is 44.8 Å². The minimum Gasteiger partial charge on any atom is -0.359 e. The van der Waals surface area contributed by atoms with E-state index in [0.29, 0.717) is 6.04 Å². The number of rotatable bonds is 4. The van der Waals surface area contributed by atoms with Gasteiger partial charge in [0.2, 0.25) is 11.8 Å². The van der Waals surface area contributed by atoms with Crippen LogP contribution >= 0.6 is 0 Å². The van der Waals surface area contributed by atoms with Gasteiger partial charge in [0.1, 0.15) is 0 Å². The monoisotopic (exact) mass is 435 g/mol. The van der Waals surface area contributed by atoms with E-state index in [2.05, 4.69) is 47.6 Å². The molecule has 1 aliphatic carbocycles. The number of benzene rings is 1. The zero-order chi connectivity index (χ0) is 23.3. The molecule has 32 heavy (non-hydrogen) atoms. The largest absolute Gasteiger partial charge is 0.359 e. The maximum Gasteiger partial charge on any atom is 0.234 e. The second kappa shape index (κ2) is 10.8. The Labute approximate surface area is 192 Å². The third-order valence-corrected chi connectivity index (χ3v) is 7.04. The number of allylic oxidation sites excluding steroid dienone is 2. The minimum absolute atomic E-state index is 0.00463. The molecule has 2 atom stereocenters. The molecular weight excluding hydrogens is 398 g/mol. The van der Waals surface area contributed by atoms with Gasteiger partial charge in [-0.1, -0.05) is 43.5 Å². The molecule has 172 valence electrons. The lowest BCUT2D eigenvalue weighted by atomic mass is 9.85. The Morgan fingerprint density at radius 3 is 2.38 bits per heavy atom. The molecule has 2 amide bonds. The lowest BCUT2D eigenvalue weighted by Gasteiger charge is -2.42. The Kier molecular flexibility index (Phi) is 8.08. The Hall–Kier alpha value is -2.66. The number of nitrogens with one attached hydrogen (secondary N) is 1. The van der Waals surface area contributed by atoms with Gasteiger partial charge in [0.25, 0.3) is 0 Å². The van der Waals surface area contributed by atoms with Crippen molar-refractivity contribution < 1.29 is 9.59 Å². The predicted molar refractivity (Wildman–Crippen MR) is 130 cm³/mol. The number of nitrogens with zero attached hydrogens (tertiary/aromatic N) is 2. The van der Waals surface area contributed by atoms with Crippen LogP contribution in [0.5, 0.6) is 0 Å².